The normalized spacial score (nSPS) is 17.4. The molecule has 140 valence electrons. The van der Waals surface area contributed by atoms with Crippen molar-refractivity contribution in [2.24, 2.45) is 0 Å². The standard InChI is InChI=1S/C18H29BO6/c1-3-8-22-15-11-14(13-25-17-7-5-6-10-24-17)12-16(23-9-4-2)18(15)19(20)21/h11-12,17,20-21H,3-10,13H2,1-2H3. The third-order valence-electron chi connectivity index (χ3n) is 3.92. The Balaban J connectivity index is 2.18. The molecule has 7 heteroatoms. The molecule has 1 atom stereocenters. The minimum absolute atomic E-state index is 0.183. The average molecular weight is 352 g/mol. The molecule has 6 nitrogen and oxygen atoms in total. The fourth-order valence-corrected chi connectivity index (χ4v) is 2.69. The monoisotopic (exact) mass is 352 g/mol. The second kappa shape index (κ2) is 10.7. The van der Waals surface area contributed by atoms with Gasteiger partial charge >= 0.3 is 7.12 Å². The first-order chi connectivity index (χ1) is 12.2. The predicted octanol–water partition coefficient (Wildman–Crippen LogP) is 1.99. The molecular weight excluding hydrogens is 323 g/mol. The van der Waals surface area contributed by atoms with Gasteiger partial charge in [0.1, 0.15) is 11.5 Å². The van der Waals surface area contributed by atoms with Crippen molar-refractivity contribution in [3.8, 4) is 11.5 Å². The molecular formula is C18H29BO6. The topological polar surface area (TPSA) is 77.4 Å². The van der Waals surface area contributed by atoms with E-state index in [1.807, 2.05) is 13.8 Å². The summed E-state index contributed by atoms with van der Waals surface area (Å²) in [6.07, 6.45) is 4.54. The SMILES string of the molecule is CCCOc1cc(COC2CCCCO2)cc(OCCC)c1B(O)O. The zero-order chi connectivity index (χ0) is 18.1. The summed E-state index contributed by atoms with van der Waals surface area (Å²) in [6, 6.07) is 3.57. The van der Waals surface area contributed by atoms with E-state index in [4.69, 9.17) is 18.9 Å². The summed E-state index contributed by atoms with van der Waals surface area (Å²) in [6.45, 7) is 6.06. The Labute approximate surface area is 150 Å². The highest BCUT2D eigenvalue weighted by Crippen LogP contribution is 2.24. The van der Waals surface area contributed by atoms with Crippen LogP contribution in [-0.4, -0.2) is 43.3 Å². The summed E-state index contributed by atoms with van der Waals surface area (Å²) in [4.78, 5) is 0. The molecule has 1 heterocycles. The van der Waals surface area contributed by atoms with Crippen LogP contribution in [0, 0.1) is 0 Å². The van der Waals surface area contributed by atoms with Crippen molar-refractivity contribution >= 4 is 12.6 Å². The fourth-order valence-electron chi connectivity index (χ4n) is 2.69. The lowest BCUT2D eigenvalue weighted by molar-refractivity contribution is -0.168. The Bertz CT molecular complexity index is 487. The number of hydrogen-bond donors (Lipinski definition) is 2. The molecule has 2 N–H and O–H groups in total. The van der Waals surface area contributed by atoms with Gasteiger partial charge in [0.15, 0.2) is 6.29 Å². The van der Waals surface area contributed by atoms with Crippen LogP contribution in [-0.2, 0) is 16.1 Å². The van der Waals surface area contributed by atoms with E-state index in [1.165, 1.54) is 0 Å². The third-order valence-corrected chi connectivity index (χ3v) is 3.92. The summed E-state index contributed by atoms with van der Waals surface area (Å²) in [7, 11) is -1.66. The van der Waals surface area contributed by atoms with E-state index >= 15 is 0 Å². The van der Waals surface area contributed by atoms with Crippen LogP contribution in [0.3, 0.4) is 0 Å². The van der Waals surface area contributed by atoms with E-state index in [9.17, 15) is 10.0 Å². The van der Waals surface area contributed by atoms with Gasteiger partial charge in [-0.2, -0.15) is 0 Å². The lowest BCUT2D eigenvalue weighted by Crippen LogP contribution is -2.33. The molecule has 0 saturated carbocycles. The molecule has 1 aromatic rings. The summed E-state index contributed by atoms with van der Waals surface area (Å²) >= 11 is 0. The maximum atomic E-state index is 9.75. The summed E-state index contributed by atoms with van der Waals surface area (Å²) < 4.78 is 22.8. The molecule has 1 aromatic carbocycles. The Morgan fingerprint density at radius 2 is 1.72 bits per heavy atom. The van der Waals surface area contributed by atoms with Gasteiger partial charge in [-0.25, -0.2) is 0 Å². The first-order valence-corrected chi connectivity index (χ1v) is 9.17. The Hall–Kier alpha value is -1.28. The van der Waals surface area contributed by atoms with Crippen molar-refractivity contribution in [2.45, 2.75) is 58.8 Å². The van der Waals surface area contributed by atoms with E-state index in [1.54, 1.807) is 12.1 Å². The van der Waals surface area contributed by atoms with Gasteiger partial charge in [-0.15, -0.1) is 0 Å². The summed E-state index contributed by atoms with van der Waals surface area (Å²) in [5.74, 6) is 0.849. The second-order valence-corrected chi connectivity index (χ2v) is 6.18. The van der Waals surface area contributed by atoms with Crippen LogP contribution in [0.5, 0.6) is 11.5 Å². The third kappa shape index (κ3) is 6.19. The lowest BCUT2D eigenvalue weighted by atomic mass is 9.78. The van der Waals surface area contributed by atoms with Crippen molar-refractivity contribution < 1.29 is 29.0 Å². The van der Waals surface area contributed by atoms with Crippen molar-refractivity contribution in [2.75, 3.05) is 19.8 Å². The van der Waals surface area contributed by atoms with E-state index in [0.717, 1.165) is 44.3 Å². The summed E-state index contributed by atoms with van der Waals surface area (Å²) in [5.41, 5.74) is 1.12. The number of ether oxygens (including phenoxy) is 4. The molecule has 1 fully saturated rings. The molecule has 0 radical (unpaired) electrons. The highest BCUT2D eigenvalue weighted by Gasteiger charge is 2.25. The minimum Gasteiger partial charge on any atom is -0.494 e. The van der Waals surface area contributed by atoms with Crippen molar-refractivity contribution in [3.63, 3.8) is 0 Å². The molecule has 1 saturated heterocycles. The zero-order valence-corrected chi connectivity index (χ0v) is 15.2. The zero-order valence-electron chi connectivity index (χ0n) is 15.2. The van der Waals surface area contributed by atoms with Crippen LogP contribution in [0.4, 0.5) is 0 Å². The van der Waals surface area contributed by atoms with Crippen LogP contribution in [0.25, 0.3) is 0 Å². The fraction of sp³-hybridized carbons (Fsp3) is 0.667. The first kappa shape index (κ1) is 20.0. The molecule has 0 aromatic heterocycles. The molecule has 0 amide bonds. The van der Waals surface area contributed by atoms with Crippen molar-refractivity contribution in [1.29, 1.82) is 0 Å². The maximum absolute atomic E-state index is 9.75. The van der Waals surface area contributed by atoms with Crippen LogP contribution >= 0.6 is 0 Å². The molecule has 1 aliphatic heterocycles. The molecule has 2 rings (SSSR count). The smallest absolute Gasteiger partial charge is 0.494 e. The average Bonchev–Trinajstić information content (AvgIpc) is 2.63. The van der Waals surface area contributed by atoms with Crippen LogP contribution < -0.4 is 14.9 Å². The highest BCUT2D eigenvalue weighted by atomic mass is 16.7. The molecule has 0 bridgehead atoms. The molecule has 1 unspecified atom stereocenters. The quantitative estimate of drug-likeness (QED) is 0.627. The Morgan fingerprint density at radius 3 is 2.20 bits per heavy atom. The number of hydrogen-bond acceptors (Lipinski definition) is 6. The van der Waals surface area contributed by atoms with Gasteiger partial charge in [-0.1, -0.05) is 13.8 Å². The summed E-state index contributed by atoms with van der Waals surface area (Å²) in [5, 5.41) is 19.5. The van der Waals surface area contributed by atoms with Gasteiger partial charge in [-0.05, 0) is 49.8 Å². The lowest BCUT2D eigenvalue weighted by Gasteiger charge is -2.23. The van der Waals surface area contributed by atoms with Gasteiger partial charge in [-0.3, -0.25) is 0 Å². The van der Waals surface area contributed by atoms with Crippen molar-refractivity contribution in [3.05, 3.63) is 17.7 Å². The van der Waals surface area contributed by atoms with Gasteiger partial charge in [0.05, 0.1) is 25.3 Å². The minimum atomic E-state index is -1.66. The molecule has 25 heavy (non-hydrogen) atoms. The number of benzene rings is 1. The predicted molar refractivity (Wildman–Crippen MR) is 96.2 cm³/mol. The van der Waals surface area contributed by atoms with Gasteiger partial charge in [0.25, 0.3) is 0 Å². The van der Waals surface area contributed by atoms with E-state index in [0.29, 0.717) is 31.3 Å². The number of rotatable bonds is 10. The van der Waals surface area contributed by atoms with E-state index in [2.05, 4.69) is 0 Å². The second-order valence-electron chi connectivity index (χ2n) is 6.18. The van der Waals surface area contributed by atoms with E-state index < -0.39 is 7.12 Å². The van der Waals surface area contributed by atoms with Crippen LogP contribution in [0.1, 0.15) is 51.5 Å². The van der Waals surface area contributed by atoms with Gasteiger partial charge in [0.2, 0.25) is 0 Å². The maximum Gasteiger partial charge on any atom is 0.496 e. The van der Waals surface area contributed by atoms with Gasteiger partial charge < -0.3 is 29.0 Å². The Kier molecular flexibility index (Phi) is 8.54. The Morgan fingerprint density at radius 1 is 1.08 bits per heavy atom. The largest absolute Gasteiger partial charge is 0.496 e. The highest BCUT2D eigenvalue weighted by molar-refractivity contribution is 6.61. The first-order valence-electron chi connectivity index (χ1n) is 9.17. The van der Waals surface area contributed by atoms with Gasteiger partial charge in [0, 0.05) is 6.61 Å². The van der Waals surface area contributed by atoms with Crippen LogP contribution in [0.15, 0.2) is 12.1 Å². The van der Waals surface area contributed by atoms with Crippen LogP contribution in [0.2, 0.25) is 0 Å². The van der Waals surface area contributed by atoms with Crippen molar-refractivity contribution in [1.82, 2.24) is 0 Å². The molecule has 0 spiro atoms. The molecule has 1 aliphatic rings. The molecule has 0 aliphatic carbocycles. The van der Waals surface area contributed by atoms with E-state index in [-0.39, 0.29) is 11.8 Å².